The Bertz CT molecular complexity index is 403. The fourth-order valence-electron chi connectivity index (χ4n) is 1.82. The average molecular weight is 311 g/mol. The summed E-state index contributed by atoms with van der Waals surface area (Å²) < 4.78 is 0. The Balaban J connectivity index is 0.00000162. The number of nitrogens with zero attached hydrogens (tertiary/aromatic N) is 1. The van der Waals surface area contributed by atoms with Crippen LogP contribution in [0.1, 0.15) is 13.3 Å². The van der Waals surface area contributed by atoms with E-state index in [-0.39, 0.29) is 29.4 Å². The van der Waals surface area contributed by atoms with Crippen LogP contribution in [-0.2, 0) is 9.59 Å². The van der Waals surface area contributed by atoms with Gasteiger partial charge in [-0.3, -0.25) is 9.69 Å². The molecule has 2 rings (SSSR count). The summed E-state index contributed by atoms with van der Waals surface area (Å²) in [5.74, 6) is 0.184. The van der Waals surface area contributed by atoms with E-state index < -0.39 is 12.0 Å². The smallest absolute Gasteiger partial charge is 0.353 e. The molecule has 2 aliphatic heterocycles. The zero-order valence-electron chi connectivity index (χ0n) is 9.79. The molecule has 1 fully saturated rings. The minimum atomic E-state index is -1.03. The van der Waals surface area contributed by atoms with Crippen LogP contribution >= 0.6 is 35.9 Å². The van der Waals surface area contributed by atoms with Crippen LogP contribution in [0.3, 0.4) is 0 Å². The van der Waals surface area contributed by atoms with Crippen molar-refractivity contribution in [3.8, 4) is 0 Å². The molecule has 0 aliphatic carbocycles. The van der Waals surface area contributed by atoms with Crippen LogP contribution in [0.25, 0.3) is 0 Å². The van der Waals surface area contributed by atoms with Crippen LogP contribution in [0, 0.1) is 0 Å². The second-order valence-corrected chi connectivity index (χ2v) is 6.16. The van der Waals surface area contributed by atoms with Crippen molar-refractivity contribution in [2.75, 3.05) is 11.5 Å². The van der Waals surface area contributed by atoms with Crippen LogP contribution in [-0.4, -0.2) is 44.8 Å². The lowest BCUT2D eigenvalue weighted by Crippen LogP contribution is -2.68. The molecule has 0 radical (unpaired) electrons. The Morgan fingerprint density at radius 1 is 1.67 bits per heavy atom. The summed E-state index contributed by atoms with van der Waals surface area (Å²) in [4.78, 5) is 25.0. The highest BCUT2D eigenvalue weighted by Gasteiger charge is 2.51. The molecule has 0 spiro atoms. The Kier molecular flexibility index (Phi) is 5.39. The number of amides is 1. The van der Waals surface area contributed by atoms with Crippen molar-refractivity contribution in [3.05, 3.63) is 10.6 Å². The highest BCUT2D eigenvalue weighted by molar-refractivity contribution is 8.06. The molecule has 5 nitrogen and oxygen atoms in total. The van der Waals surface area contributed by atoms with Crippen LogP contribution in [0.2, 0.25) is 0 Å². The molecule has 1 amide bonds. The monoisotopic (exact) mass is 310 g/mol. The van der Waals surface area contributed by atoms with Crippen molar-refractivity contribution in [2.24, 2.45) is 5.73 Å². The molecule has 0 aromatic rings. The molecular formula is C10H15ClN2O3S2. The summed E-state index contributed by atoms with van der Waals surface area (Å²) in [6, 6.07) is -0.549. The van der Waals surface area contributed by atoms with Crippen LogP contribution < -0.4 is 5.73 Å². The van der Waals surface area contributed by atoms with Gasteiger partial charge in [-0.2, -0.15) is 0 Å². The normalized spacial score (nSPS) is 26.3. The quantitative estimate of drug-likeness (QED) is 0.756. The number of aliphatic carboxylic acids is 1. The number of carboxylic acid groups (broad SMARTS) is 1. The topological polar surface area (TPSA) is 83.6 Å². The average Bonchev–Trinajstić information content (AvgIpc) is 2.33. The number of carbonyl (C=O) groups is 2. The highest BCUT2D eigenvalue weighted by Crippen LogP contribution is 2.42. The highest BCUT2D eigenvalue weighted by atomic mass is 35.5. The molecule has 18 heavy (non-hydrogen) atoms. The van der Waals surface area contributed by atoms with E-state index in [9.17, 15) is 14.7 Å². The minimum Gasteiger partial charge on any atom is -0.477 e. The first kappa shape index (κ1) is 15.7. The predicted molar refractivity (Wildman–Crippen MR) is 75.7 cm³/mol. The predicted octanol–water partition coefficient (Wildman–Crippen LogP) is 1.09. The first-order chi connectivity index (χ1) is 8.07. The van der Waals surface area contributed by atoms with Gasteiger partial charge >= 0.3 is 5.97 Å². The Morgan fingerprint density at radius 3 is 2.89 bits per heavy atom. The number of nitrogens with two attached hydrogens (primary N) is 1. The molecule has 1 saturated heterocycles. The molecule has 2 aliphatic rings. The fourth-order valence-corrected chi connectivity index (χ4v) is 4.27. The first-order valence-corrected chi connectivity index (χ1v) is 7.40. The standard InChI is InChI=1S/C10H14N2O3S2.ClH/c1-2-3-16-5-4-17-9-6(11)8(13)12(9)7(5)10(14)15;/h6,9H,2-4,11H2,1H3,(H,14,15);1H/t6?,9-;/m1./s1. The molecular weight excluding hydrogens is 296 g/mol. The number of halogens is 1. The number of thioether (sulfide) groups is 2. The lowest BCUT2D eigenvalue weighted by atomic mass is 10.1. The first-order valence-electron chi connectivity index (χ1n) is 5.37. The van der Waals surface area contributed by atoms with Crippen LogP contribution in [0.5, 0.6) is 0 Å². The van der Waals surface area contributed by atoms with Gasteiger partial charge in [-0.1, -0.05) is 6.92 Å². The Labute approximate surface area is 120 Å². The second-order valence-electron chi connectivity index (χ2n) is 3.86. The summed E-state index contributed by atoms with van der Waals surface area (Å²) in [5, 5.41) is 9.02. The van der Waals surface area contributed by atoms with Gasteiger partial charge in [-0.05, 0) is 12.2 Å². The van der Waals surface area contributed by atoms with Crippen molar-refractivity contribution < 1.29 is 14.7 Å². The molecule has 3 N–H and O–H groups in total. The van der Waals surface area contributed by atoms with Crippen LogP contribution in [0.4, 0.5) is 0 Å². The largest absolute Gasteiger partial charge is 0.477 e. The summed E-state index contributed by atoms with van der Waals surface area (Å²) in [6.45, 7) is 2.04. The molecule has 1 unspecified atom stereocenters. The second kappa shape index (κ2) is 6.18. The summed E-state index contributed by atoms with van der Waals surface area (Å²) in [7, 11) is 0. The minimum absolute atomic E-state index is 0. The number of carboxylic acids is 1. The summed E-state index contributed by atoms with van der Waals surface area (Å²) >= 11 is 3.06. The maximum absolute atomic E-state index is 11.6. The summed E-state index contributed by atoms with van der Waals surface area (Å²) in [5.41, 5.74) is 5.79. The van der Waals surface area contributed by atoms with E-state index in [1.807, 2.05) is 6.92 Å². The van der Waals surface area contributed by atoms with E-state index in [0.717, 1.165) is 17.1 Å². The SMILES string of the molecule is CCCSC1=C(C(=O)O)N2C(=O)C(N)[C@H]2SC1.Cl. The van der Waals surface area contributed by atoms with E-state index >= 15 is 0 Å². The third-order valence-electron chi connectivity index (χ3n) is 2.66. The zero-order valence-corrected chi connectivity index (χ0v) is 12.2. The molecule has 8 heteroatoms. The van der Waals surface area contributed by atoms with Gasteiger partial charge in [0.05, 0.1) is 0 Å². The van der Waals surface area contributed by atoms with Crippen molar-refractivity contribution in [2.45, 2.75) is 24.8 Å². The number of hydrogen-bond acceptors (Lipinski definition) is 5. The third-order valence-corrected chi connectivity index (χ3v) is 5.44. The molecule has 2 atom stereocenters. The van der Waals surface area contributed by atoms with Gasteiger partial charge in [0.25, 0.3) is 0 Å². The van der Waals surface area contributed by atoms with E-state index in [4.69, 9.17) is 5.73 Å². The molecule has 2 heterocycles. The lowest BCUT2D eigenvalue weighted by Gasteiger charge is -2.47. The fraction of sp³-hybridized carbons (Fsp3) is 0.600. The molecule has 102 valence electrons. The number of carbonyl (C=O) groups excluding carboxylic acids is 1. The lowest BCUT2D eigenvalue weighted by molar-refractivity contribution is -0.147. The Morgan fingerprint density at radius 2 is 2.33 bits per heavy atom. The zero-order chi connectivity index (χ0) is 12.6. The van der Waals surface area contributed by atoms with Gasteiger partial charge in [0.2, 0.25) is 5.91 Å². The van der Waals surface area contributed by atoms with E-state index in [1.54, 1.807) is 11.8 Å². The van der Waals surface area contributed by atoms with E-state index in [1.165, 1.54) is 16.7 Å². The number of fused-ring (bicyclic) bond motifs is 1. The molecule has 0 aromatic heterocycles. The van der Waals surface area contributed by atoms with Gasteiger partial charge in [-0.15, -0.1) is 35.9 Å². The van der Waals surface area contributed by atoms with Gasteiger partial charge in [-0.25, -0.2) is 4.79 Å². The van der Waals surface area contributed by atoms with Gasteiger partial charge < -0.3 is 10.8 Å². The molecule has 0 aromatic carbocycles. The van der Waals surface area contributed by atoms with E-state index in [2.05, 4.69) is 0 Å². The van der Waals surface area contributed by atoms with Gasteiger partial charge in [0.15, 0.2) is 0 Å². The van der Waals surface area contributed by atoms with E-state index in [0.29, 0.717) is 5.75 Å². The van der Waals surface area contributed by atoms with Gasteiger partial charge in [0.1, 0.15) is 17.1 Å². The van der Waals surface area contributed by atoms with Crippen molar-refractivity contribution in [1.29, 1.82) is 0 Å². The summed E-state index contributed by atoms with van der Waals surface area (Å²) in [6.07, 6.45) is 0.975. The third kappa shape index (κ3) is 2.49. The van der Waals surface area contributed by atoms with Crippen molar-refractivity contribution in [3.63, 3.8) is 0 Å². The molecule has 0 saturated carbocycles. The molecule has 0 bridgehead atoms. The maximum Gasteiger partial charge on any atom is 0.353 e. The number of β-lactam (4-membered cyclic amide) rings is 1. The maximum atomic E-state index is 11.6. The number of hydrogen-bond donors (Lipinski definition) is 2. The van der Waals surface area contributed by atoms with Crippen LogP contribution in [0.15, 0.2) is 10.6 Å². The van der Waals surface area contributed by atoms with Gasteiger partial charge in [0, 0.05) is 10.7 Å². The van der Waals surface area contributed by atoms with Crippen molar-refractivity contribution in [1.82, 2.24) is 4.90 Å². The number of rotatable bonds is 4. The van der Waals surface area contributed by atoms with Crippen molar-refractivity contribution >= 4 is 47.8 Å². The Hall–Kier alpha value is -0.370.